The summed E-state index contributed by atoms with van der Waals surface area (Å²) in [7, 11) is 0. The van der Waals surface area contributed by atoms with Gasteiger partial charge in [-0.3, -0.25) is 9.59 Å². The van der Waals surface area contributed by atoms with Gasteiger partial charge in [0.25, 0.3) is 0 Å². The second-order valence-electron chi connectivity index (χ2n) is 7.44. The Morgan fingerprint density at radius 1 is 1.27 bits per heavy atom. The van der Waals surface area contributed by atoms with E-state index in [0.29, 0.717) is 12.8 Å². The van der Waals surface area contributed by atoms with E-state index in [-0.39, 0.29) is 17.6 Å². The topological polar surface area (TPSA) is 91.4 Å². The Balaban J connectivity index is 1.99. The first kappa shape index (κ1) is 18.6. The van der Waals surface area contributed by atoms with Gasteiger partial charge < -0.3 is 18.9 Å². The van der Waals surface area contributed by atoms with Crippen molar-refractivity contribution < 1.29 is 33.3 Å². The third kappa shape index (κ3) is 3.53. The highest BCUT2D eigenvalue weighted by Crippen LogP contribution is 2.48. The van der Waals surface area contributed by atoms with Crippen LogP contribution in [-0.4, -0.2) is 47.9 Å². The van der Waals surface area contributed by atoms with Crippen LogP contribution in [0.15, 0.2) is 23.8 Å². The van der Waals surface area contributed by atoms with Gasteiger partial charge in [0.15, 0.2) is 0 Å². The maximum Gasteiger partial charge on any atom is 0.334 e. The van der Waals surface area contributed by atoms with Crippen LogP contribution in [0.1, 0.15) is 40.5 Å². The minimum atomic E-state index is -0.628. The van der Waals surface area contributed by atoms with Gasteiger partial charge in [0.1, 0.15) is 18.3 Å². The van der Waals surface area contributed by atoms with Crippen molar-refractivity contribution in [3.63, 3.8) is 0 Å². The molecule has 7 heteroatoms. The Bertz CT molecular complexity index is 694. The van der Waals surface area contributed by atoms with E-state index in [1.54, 1.807) is 6.08 Å². The normalized spacial score (nSPS) is 39.1. The van der Waals surface area contributed by atoms with Crippen LogP contribution in [0.3, 0.4) is 0 Å². The number of ether oxygens (including phenoxy) is 4. The molecule has 142 valence electrons. The molecular weight excluding hydrogens is 340 g/mol. The fourth-order valence-electron chi connectivity index (χ4n) is 3.89. The minimum absolute atomic E-state index is 0.129. The lowest BCUT2D eigenvalue weighted by molar-refractivity contribution is -0.151. The van der Waals surface area contributed by atoms with E-state index in [0.717, 1.165) is 5.57 Å². The quantitative estimate of drug-likeness (QED) is 0.243. The fraction of sp³-hybridized carbons (Fsp3) is 0.632. The highest BCUT2D eigenvalue weighted by atomic mass is 16.6. The van der Waals surface area contributed by atoms with Crippen LogP contribution in [0.4, 0.5) is 0 Å². The van der Waals surface area contributed by atoms with Gasteiger partial charge in [-0.05, 0) is 25.5 Å². The second-order valence-corrected chi connectivity index (χ2v) is 7.44. The molecule has 26 heavy (non-hydrogen) atoms. The molecule has 2 saturated heterocycles. The van der Waals surface area contributed by atoms with Crippen molar-refractivity contribution in [2.24, 2.45) is 5.92 Å². The number of hydrogen-bond acceptors (Lipinski definition) is 7. The Kier molecular flexibility index (Phi) is 4.69. The van der Waals surface area contributed by atoms with E-state index in [1.807, 2.05) is 13.8 Å². The molecule has 2 heterocycles. The summed E-state index contributed by atoms with van der Waals surface area (Å²) in [5.74, 6) is -1.83. The van der Waals surface area contributed by atoms with Crippen molar-refractivity contribution in [3.8, 4) is 0 Å². The van der Waals surface area contributed by atoms with E-state index in [4.69, 9.17) is 18.9 Å². The first-order valence-electron chi connectivity index (χ1n) is 8.71. The molecule has 0 aromatic carbocycles. The molecule has 3 rings (SSSR count). The van der Waals surface area contributed by atoms with E-state index in [1.165, 1.54) is 13.8 Å². The molecular formula is C19H24O7. The van der Waals surface area contributed by atoms with Crippen molar-refractivity contribution in [1.82, 2.24) is 0 Å². The number of carbonyl (C=O) groups excluding carboxylic acids is 3. The van der Waals surface area contributed by atoms with Gasteiger partial charge in [0.05, 0.1) is 17.6 Å². The van der Waals surface area contributed by atoms with Crippen molar-refractivity contribution in [1.29, 1.82) is 0 Å². The average Bonchev–Trinajstić information content (AvgIpc) is 3.03. The molecule has 1 aliphatic carbocycles. The molecule has 0 bridgehead atoms. The maximum atomic E-state index is 12.1. The molecule has 3 aliphatic rings. The zero-order valence-corrected chi connectivity index (χ0v) is 15.4. The lowest BCUT2D eigenvalue weighted by atomic mass is 9.82. The number of carbonyl (C=O) groups is 3. The molecule has 0 amide bonds. The summed E-state index contributed by atoms with van der Waals surface area (Å²) in [5.41, 5.74) is 0.516. The summed E-state index contributed by atoms with van der Waals surface area (Å²) in [4.78, 5) is 35.2. The Hall–Kier alpha value is -2.15. The summed E-state index contributed by atoms with van der Waals surface area (Å²) in [5, 5.41) is 0. The summed E-state index contributed by atoms with van der Waals surface area (Å²) in [6, 6.07) is 0. The van der Waals surface area contributed by atoms with Crippen LogP contribution in [0.5, 0.6) is 0 Å². The zero-order valence-electron chi connectivity index (χ0n) is 15.4. The molecule has 0 spiro atoms. The highest BCUT2D eigenvalue weighted by molar-refractivity contribution is 5.91. The van der Waals surface area contributed by atoms with Gasteiger partial charge >= 0.3 is 17.9 Å². The van der Waals surface area contributed by atoms with Gasteiger partial charge in [-0.1, -0.05) is 6.58 Å². The van der Waals surface area contributed by atoms with Crippen LogP contribution < -0.4 is 0 Å². The first-order chi connectivity index (χ1) is 12.1. The fourth-order valence-corrected chi connectivity index (χ4v) is 3.89. The number of fused-ring (bicyclic) bond motifs is 2. The molecule has 0 radical (unpaired) electrons. The largest absolute Gasteiger partial charge is 0.462 e. The third-order valence-electron chi connectivity index (χ3n) is 5.29. The van der Waals surface area contributed by atoms with Gasteiger partial charge in [-0.2, -0.15) is 0 Å². The minimum Gasteiger partial charge on any atom is -0.462 e. The predicted octanol–water partition coefficient (Wildman–Crippen LogP) is 1.85. The monoisotopic (exact) mass is 364 g/mol. The molecule has 6 atom stereocenters. The van der Waals surface area contributed by atoms with Crippen molar-refractivity contribution >= 4 is 17.9 Å². The van der Waals surface area contributed by atoms with Crippen LogP contribution in [-0.2, 0) is 33.3 Å². The lowest BCUT2D eigenvalue weighted by Crippen LogP contribution is -2.37. The van der Waals surface area contributed by atoms with Crippen LogP contribution >= 0.6 is 0 Å². The molecule has 0 aromatic rings. The SMILES string of the molecule is C=C1C(=O)O[C@@H]2C=C(C)[C@@H](OC(C)=O)C[C@H]3O[C@]3(C)C[C@@H](OC(C)=O)[C@@H]12. The van der Waals surface area contributed by atoms with Crippen LogP contribution in [0, 0.1) is 5.92 Å². The Morgan fingerprint density at radius 3 is 2.54 bits per heavy atom. The van der Waals surface area contributed by atoms with E-state index in [2.05, 4.69) is 6.58 Å². The highest BCUT2D eigenvalue weighted by Gasteiger charge is 2.58. The maximum absolute atomic E-state index is 12.1. The average molecular weight is 364 g/mol. The third-order valence-corrected chi connectivity index (χ3v) is 5.29. The number of rotatable bonds is 2. The number of epoxide rings is 1. The van der Waals surface area contributed by atoms with E-state index < -0.39 is 41.8 Å². The Morgan fingerprint density at radius 2 is 1.92 bits per heavy atom. The molecule has 0 N–H and O–H groups in total. The number of esters is 3. The van der Waals surface area contributed by atoms with Crippen molar-refractivity contribution in [2.75, 3.05) is 0 Å². The van der Waals surface area contributed by atoms with Gasteiger partial charge in [0.2, 0.25) is 0 Å². The summed E-state index contributed by atoms with van der Waals surface area (Å²) in [6.07, 6.45) is 0.868. The van der Waals surface area contributed by atoms with Crippen molar-refractivity contribution in [3.05, 3.63) is 23.8 Å². The second kappa shape index (κ2) is 6.54. The lowest BCUT2D eigenvalue weighted by Gasteiger charge is -2.29. The van der Waals surface area contributed by atoms with Gasteiger partial charge in [0, 0.05) is 32.3 Å². The van der Waals surface area contributed by atoms with Crippen molar-refractivity contribution in [2.45, 2.75) is 70.6 Å². The first-order valence-corrected chi connectivity index (χ1v) is 8.71. The Labute approximate surface area is 152 Å². The molecule has 2 aliphatic heterocycles. The summed E-state index contributed by atoms with van der Waals surface area (Å²) in [6.45, 7) is 10.3. The zero-order chi connectivity index (χ0) is 19.2. The van der Waals surface area contributed by atoms with Crippen LogP contribution in [0.25, 0.3) is 0 Å². The number of hydrogen-bond donors (Lipinski definition) is 0. The van der Waals surface area contributed by atoms with Gasteiger partial charge in [-0.15, -0.1) is 0 Å². The standard InChI is InChI=1S/C19H24O7/c1-9-6-14-17(10(2)18(22)25-14)15(24-12(4)21)8-19(5)16(26-19)7-13(9)23-11(3)20/h6,13-17H,2,7-8H2,1,3-5H3/t13-,14+,15+,16+,17-,19+/m0/s1. The molecule has 7 nitrogen and oxygen atoms in total. The van der Waals surface area contributed by atoms with Crippen LogP contribution in [0.2, 0.25) is 0 Å². The molecule has 0 saturated carbocycles. The van der Waals surface area contributed by atoms with E-state index >= 15 is 0 Å². The van der Waals surface area contributed by atoms with Gasteiger partial charge in [-0.25, -0.2) is 4.79 Å². The van der Waals surface area contributed by atoms with E-state index in [9.17, 15) is 14.4 Å². The predicted molar refractivity (Wildman–Crippen MR) is 89.9 cm³/mol. The molecule has 0 unspecified atom stereocenters. The molecule has 0 aromatic heterocycles. The summed E-state index contributed by atoms with van der Waals surface area (Å²) >= 11 is 0. The summed E-state index contributed by atoms with van der Waals surface area (Å²) < 4.78 is 22.2. The molecule has 2 fully saturated rings. The smallest absolute Gasteiger partial charge is 0.334 e.